The molecule has 3 N–H and O–H groups in total. The van der Waals surface area contributed by atoms with Crippen molar-refractivity contribution in [2.75, 3.05) is 25.5 Å². The largest absolute Gasteiger partial charge is 0.348 e. The molecule has 4 atom stereocenters. The van der Waals surface area contributed by atoms with Gasteiger partial charge in [0.1, 0.15) is 5.82 Å². The predicted octanol–water partition coefficient (Wildman–Crippen LogP) is 1.22. The zero-order chi connectivity index (χ0) is 18.4. The summed E-state index contributed by atoms with van der Waals surface area (Å²) in [5.41, 5.74) is 0.423. The summed E-state index contributed by atoms with van der Waals surface area (Å²) in [5, 5.41) is 5.77. The van der Waals surface area contributed by atoms with E-state index < -0.39 is 5.82 Å². The number of benzene rings is 1. The molecule has 1 unspecified atom stereocenters. The summed E-state index contributed by atoms with van der Waals surface area (Å²) in [7, 11) is 1.80. The van der Waals surface area contributed by atoms with Crippen molar-refractivity contribution in [1.29, 1.82) is 0 Å². The van der Waals surface area contributed by atoms with Gasteiger partial charge in [-0.3, -0.25) is 9.59 Å². The van der Waals surface area contributed by atoms with Crippen molar-refractivity contribution in [3.05, 3.63) is 30.1 Å². The monoisotopic (exact) mass is 350 g/mol. The fourth-order valence-electron chi connectivity index (χ4n) is 3.43. The number of hydrogen-bond donors (Lipinski definition) is 3. The topological polar surface area (TPSA) is 62.6 Å². The van der Waals surface area contributed by atoms with Crippen LogP contribution in [0.4, 0.5) is 10.1 Å². The number of quaternary nitrogens is 1. The van der Waals surface area contributed by atoms with Gasteiger partial charge in [-0.15, -0.1) is 0 Å². The van der Waals surface area contributed by atoms with Crippen LogP contribution in [0, 0.1) is 17.7 Å². The Bertz CT molecular complexity index is 608. The van der Waals surface area contributed by atoms with Crippen LogP contribution in [0.3, 0.4) is 0 Å². The minimum absolute atomic E-state index is 0.0259. The van der Waals surface area contributed by atoms with Gasteiger partial charge in [-0.2, -0.15) is 0 Å². The quantitative estimate of drug-likeness (QED) is 0.722. The molecule has 1 saturated carbocycles. The summed E-state index contributed by atoms with van der Waals surface area (Å²) >= 11 is 0. The van der Waals surface area contributed by atoms with E-state index >= 15 is 0 Å². The Morgan fingerprint density at radius 3 is 2.64 bits per heavy atom. The van der Waals surface area contributed by atoms with Crippen molar-refractivity contribution in [3.8, 4) is 0 Å². The van der Waals surface area contributed by atoms with Gasteiger partial charge in [-0.05, 0) is 36.5 Å². The first kappa shape index (κ1) is 19.4. The Morgan fingerprint density at radius 1 is 1.20 bits per heavy atom. The molecule has 25 heavy (non-hydrogen) atoms. The van der Waals surface area contributed by atoms with Gasteiger partial charge in [-0.1, -0.05) is 32.8 Å². The first-order valence-corrected chi connectivity index (χ1v) is 9.01. The molecule has 1 aromatic carbocycles. The molecule has 1 fully saturated rings. The third-order valence-electron chi connectivity index (χ3n) is 5.09. The smallest absolute Gasteiger partial charge is 0.279 e. The predicted molar refractivity (Wildman–Crippen MR) is 95.8 cm³/mol. The normalized spacial score (nSPS) is 24.4. The molecule has 138 valence electrons. The maximum absolute atomic E-state index is 13.1. The van der Waals surface area contributed by atoms with Crippen molar-refractivity contribution in [1.82, 2.24) is 5.32 Å². The number of rotatable bonds is 6. The number of carbonyl (C=O) groups is 2. The summed E-state index contributed by atoms with van der Waals surface area (Å²) in [5.74, 6) is 0.446. The Morgan fingerprint density at radius 2 is 1.92 bits per heavy atom. The highest BCUT2D eigenvalue weighted by atomic mass is 19.1. The van der Waals surface area contributed by atoms with Crippen LogP contribution in [0.1, 0.15) is 33.1 Å². The van der Waals surface area contributed by atoms with Crippen LogP contribution in [0.25, 0.3) is 0 Å². The van der Waals surface area contributed by atoms with Gasteiger partial charge in [0.15, 0.2) is 13.1 Å². The second-order valence-electron chi connectivity index (χ2n) is 7.31. The van der Waals surface area contributed by atoms with Crippen LogP contribution >= 0.6 is 0 Å². The number of amides is 2. The minimum atomic E-state index is -0.395. The van der Waals surface area contributed by atoms with E-state index in [0.717, 1.165) is 17.7 Å². The summed E-state index contributed by atoms with van der Waals surface area (Å²) in [6.07, 6.45) is 3.39. The van der Waals surface area contributed by atoms with Crippen molar-refractivity contribution >= 4 is 17.5 Å². The Kier molecular flexibility index (Phi) is 6.93. The van der Waals surface area contributed by atoms with E-state index in [0.29, 0.717) is 17.5 Å². The lowest BCUT2D eigenvalue weighted by Gasteiger charge is -2.34. The Balaban J connectivity index is 1.76. The maximum atomic E-state index is 13.1. The molecule has 0 radical (unpaired) electrons. The summed E-state index contributed by atoms with van der Waals surface area (Å²) in [6, 6.07) is 6.00. The van der Waals surface area contributed by atoms with Crippen molar-refractivity contribution < 1.29 is 18.9 Å². The minimum Gasteiger partial charge on any atom is -0.348 e. The summed E-state index contributed by atoms with van der Waals surface area (Å²) in [4.78, 5) is 25.1. The van der Waals surface area contributed by atoms with Gasteiger partial charge in [0, 0.05) is 11.7 Å². The van der Waals surface area contributed by atoms with Crippen LogP contribution in [0.2, 0.25) is 0 Å². The molecule has 0 bridgehead atoms. The number of likely N-dealkylation sites (N-methyl/N-ethyl adjacent to an activating group) is 1. The molecule has 0 aliphatic heterocycles. The highest BCUT2D eigenvalue weighted by Gasteiger charge is 2.28. The zero-order valence-electron chi connectivity index (χ0n) is 15.3. The molecule has 0 aromatic heterocycles. The second-order valence-corrected chi connectivity index (χ2v) is 7.31. The maximum Gasteiger partial charge on any atom is 0.279 e. The van der Waals surface area contributed by atoms with Crippen LogP contribution in [0.15, 0.2) is 24.3 Å². The van der Waals surface area contributed by atoms with Crippen LogP contribution < -0.4 is 15.5 Å². The SMILES string of the molecule is C[C@H]1[C@@H](NC(=O)C[NH+](C)CC(=O)Nc2cccc(F)c2)CCC[C@@H]1C. The van der Waals surface area contributed by atoms with Crippen molar-refractivity contribution in [3.63, 3.8) is 0 Å². The lowest BCUT2D eigenvalue weighted by molar-refractivity contribution is -0.862. The first-order chi connectivity index (χ1) is 11.8. The molecule has 6 heteroatoms. The molecule has 0 spiro atoms. The molecule has 1 aliphatic rings. The van der Waals surface area contributed by atoms with E-state index in [1.165, 1.54) is 18.6 Å². The summed E-state index contributed by atoms with van der Waals surface area (Å²) < 4.78 is 13.1. The molecule has 0 saturated heterocycles. The molecule has 0 heterocycles. The van der Waals surface area contributed by atoms with E-state index in [4.69, 9.17) is 0 Å². The fraction of sp³-hybridized carbons (Fsp3) is 0.579. The van der Waals surface area contributed by atoms with Crippen LogP contribution in [-0.4, -0.2) is 38.0 Å². The number of halogens is 1. The molecular formula is C19H29FN3O2+. The van der Waals surface area contributed by atoms with Gasteiger partial charge < -0.3 is 15.5 Å². The van der Waals surface area contributed by atoms with E-state index in [-0.39, 0.29) is 30.9 Å². The van der Waals surface area contributed by atoms with Gasteiger partial charge >= 0.3 is 0 Å². The van der Waals surface area contributed by atoms with E-state index in [1.807, 2.05) is 0 Å². The van der Waals surface area contributed by atoms with Crippen LogP contribution in [0.5, 0.6) is 0 Å². The number of anilines is 1. The van der Waals surface area contributed by atoms with Crippen LogP contribution in [-0.2, 0) is 9.59 Å². The first-order valence-electron chi connectivity index (χ1n) is 9.01. The fourth-order valence-corrected chi connectivity index (χ4v) is 3.43. The van der Waals surface area contributed by atoms with Gasteiger partial charge in [0.05, 0.1) is 7.05 Å². The van der Waals surface area contributed by atoms with Gasteiger partial charge in [-0.25, -0.2) is 4.39 Å². The van der Waals surface area contributed by atoms with Crippen molar-refractivity contribution in [2.45, 2.75) is 39.2 Å². The molecule has 2 amide bonds. The number of nitrogens with one attached hydrogen (secondary N) is 3. The summed E-state index contributed by atoms with van der Waals surface area (Å²) in [6.45, 7) is 4.82. The molecule has 2 rings (SSSR count). The highest BCUT2D eigenvalue weighted by molar-refractivity contribution is 5.91. The number of carbonyl (C=O) groups excluding carboxylic acids is 2. The lowest BCUT2D eigenvalue weighted by Crippen LogP contribution is -3.11. The van der Waals surface area contributed by atoms with E-state index in [2.05, 4.69) is 24.5 Å². The highest BCUT2D eigenvalue weighted by Crippen LogP contribution is 2.29. The lowest BCUT2D eigenvalue weighted by atomic mass is 9.78. The van der Waals surface area contributed by atoms with E-state index in [9.17, 15) is 14.0 Å². The average Bonchev–Trinajstić information content (AvgIpc) is 2.51. The zero-order valence-corrected chi connectivity index (χ0v) is 15.3. The second kappa shape index (κ2) is 8.94. The molecule has 1 aliphatic carbocycles. The average molecular weight is 350 g/mol. The Labute approximate surface area is 149 Å². The Hall–Kier alpha value is -1.95. The van der Waals surface area contributed by atoms with Gasteiger partial charge in [0.2, 0.25) is 0 Å². The number of hydrogen-bond acceptors (Lipinski definition) is 2. The third-order valence-corrected chi connectivity index (χ3v) is 5.09. The molecule has 5 nitrogen and oxygen atoms in total. The molecular weight excluding hydrogens is 321 g/mol. The van der Waals surface area contributed by atoms with Crippen molar-refractivity contribution in [2.24, 2.45) is 11.8 Å². The molecule has 1 aromatic rings. The third kappa shape index (κ3) is 6.12. The standard InChI is InChI=1S/C19H28FN3O2/c1-13-6-4-9-17(14(13)2)22-19(25)12-23(3)11-18(24)21-16-8-5-7-15(20)10-16/h5,7-8,10,13-14,17H,4,6,9,11-12H2,1-3H3,(H,21,24)(H,22,25)/p+1/t13-,14+,17-/m0/s1. The van der Waals surface area contributed by atoms with Gasteiger partial charge in [0.25, 0.3) is 11.8 Å². The van der Waals surface area contributed by atoms with E-state index in [1.54, 1.807) is 19.2 Å².